The van der Waals surface area contributed by atoms with Crippen LogP contribution in [0.15, 0.2) is 42.5 Å². The van der Waals surface area contributed by atoms with Crippen LogP contribution in [-0.2, 0) is 17.8 Å². The number of carbonyl (C=O) groups excluding carboxylic acids is 1. The van der Waals surface area contributed by atoms with Gasteiger partial charge in [0, 0.05) is 6.54 Å². The molecule has 22 heavy (non-hydrogen) atoms. The fourth-order valence-electron chi connectivity index (χ4n) is 2.56. The van der Waals surface area contributed by atoms with Crippen LogP contribution in [-0.4, -0.2) is 15.9 Å². The van der Waals surface area contributed by atoms with Gasteiger partial charge in [-0.1, -0.05) is 35.9 Å². The van der Waals surface area contributed by atoms with E-state index < -0.39 is 0 Å². The zero-order chi connectivity index (χ0) is 15.5. The number of nitrogens with zero attached hydrogens (tertiary/aromatic N) is 1. The molecule has 2 aromatic carbocycles. The first-order valence-corrected chi connectivity index (χ1v) is 7.37. The number of aromatic amines is 1. The third kappa shape index (κ3) is 3.34. The zero-order valence-electron chi connectivity index (χ0n) is 12.8. The molecule has 1 heterocycles. The summed E-state index contributed by atoms with van der Waals surface area (Å²) in [4.78, 5) is 19.6. The molecule has 1 aromatic heterocycles. The number of benzene rings is 2. The Balaban J connectivity index is 1.62. The number of hydrogen-bond donors (Lipinski definition) is 2. The maximum absolute atomic E-state index is 12.1. The highest BCUT2D eigenvalue weighted by molar-refractivity contribution is 5.81. The van der Waals surface area contributed by atoms with Gasteiger partial charge in [0.15, 0.2) is 0 Å². The van der Waals surface area contributed by atoms with Gasteiger partial charge < -0.3 is 10.3 Å². The van der Waals surface area contributed by atoms with Gasteiger partial charge in [-0.2, -0.15) is 0 Å². The first kappa shape index (κ1) is 14.3. The molecule has 4 nitrogen and oxygen atoms in total. The van der Waals surface area contributed by atoms with Gasteiger partial charge in [-0.05, 0) is 37.1 Å². The van der Waals surface area contributed by atoms with Gasteiger partial charge in [-0.25, -0.2) is 4.98 Å². The van der Waals surface area contributed by atoms with Crippen molar-refractivity contribution < 1.29 is 4.79 Å². The lowest BCUT2D eigenvalue weighted by Gasteiger charge is -2.06. The van der Waals surface area contributed by atoms with Crippen LogP contribution in [0.5, 0.6) is 0 Å². The fourth-order valence-corrected chi connectivity index (χ4v) is 2.56. The molecule has 0 atom stereocenters. The van der Waals surface area contributed by atoms with Crippen molar-refractivity contribution >= 4 is 16.9 Å². The van der Waals surface area contributed by atoms with Crippen molar-refractivity contribution in [3.8, 4) is 0 Å². The standard InChI is InChI=1S/C18H19N3O/c1-12-4-3-5-15(8-12)11-19-18(22)10-14-6-7-16-17(9-14)21-13(2)20-16/h3-9H,10-11H2,1-2H3,(H,19,22)(H,20,21). The van der Waals surface area contributed by atoms with E-state index in [1.54, 1.807) is 0 Å². The van der Waals surface area contributed by atoms with Gasteiger partial charge in [0.05, 0.1) is 17.5 Å². The van der Waals surface area contributed by atoms with Crippen LogP contribution in [0, 0.1) is 13.8 Å². The molecule has 0 aliphatic heterocycles. The number of amides is 1. The Hall–Kier alpha value is -2.62. The predicted octanol–water partition coefficient (Wildman–Crippen LogP) is 3.04. The van der Waals surface area contributed by atoms with Gasteiger partial charge in [-0.3, -0.25) is 4.79 Å². The molecule has 0 radical (unpaired) electrons. The van der Waals surface area contributed by atoms with Crippen LogP contribution in [0.4, 0.5) is 0 Å². The zero-order valence-corrected chi connectivity index (χ0v) is 12.8. The molecule has 0 spiro atoms. The quantitative estimate of drug-likeness (QED) is 0.777. The van der Waals surface area contributed by atoms with Crippen molar-refractivity contribution in [1.82, 2.24) is 15.3 Å². The number of rotatable bonds is 4. The molecular weight excluding hydrogens is 274 g/mol. The van der Waals surface area contributed by atoms with Crippen LogP contribution in [0.25, 0.3) is 11.0 Å². The number of aryl methyl sites for hydroxylation is 2. The number of hydrogen-bond acceptors (Lipinski definition) is 2. The second-order valence-electron chi connectivity index (χ2n) is 5.62. The summed E-state index contributed by atoms with van der Waals surface area (Å²) in [5.41, 5.74) is 5.21. The van der Waals surface area contributed by atoms with Crippen molar-refractivity contribution in [1.29, 1.82) is 0 Å². The lowest BCUT2D eigenvalue weighted by Crippen LogP contribution is -2.24. The molecule has 4 heteroatoms. The highest BCUT2D eigenvalue weighted by Crippen LogP contribution is 2.14. The molecular formula is C18H19N3O. The highest BCUT2D eigenvalue weighted by Gasteiger charge is 2.06. The average molecular weight is 293 g/mol. The normalized spacial score (nSPS) is 10.8. The maximum Gasteiger partial charge on any atom is 0.224 e. The molecule has 1 amide bonds. The van der Waals surface area contributed by atoms with Gasteiger partial charge >= 0.3 is 0 Å². The van der Waals surface area contributed by atoms with E-state index in [-0.39, 0.29) is 5.91 Å². The molecule has 0 unspecified atom stereocenters. The molecule has 0 aliphatic carbocycles. The second kappa shape index (κ2) is 6.02. The van der Waals surface area contributed by atoms with Gasteiger partial charge in [0.1, 0.15) is 5.82 Å². The van der Waals surface area contributed by atoms with E-state index in [0.29, 0.717) is 13.0 Å². The summed E-state index contributed by atoms with van der Waals surface area (Å²) in [5, 5.41) is 2.96. The van der Waals surface area contributed by atoms with Crippen LogP contribution >= 0.6 is 0 Å². The first-order chi connectivity index (χ1) is 10.6. The predicted molar refractivity (Wildman–Crippen MR) is 87.6 cm³/mol. The number of fused-ring (bicyclic) bond motifs is 1. The largest absolute Gasteiger partial charge is 0.352 e. The van der Waals surface area contributed by atoms with E-state index in [2.05, 4.69) is 21.4 Å². The first-order valence-electron chi connectivity index (χ1n) is 7.37. The van der Waals surface area contributed by atoms with Crippen molar-refractivity contribution in [3.63, 3.8) is 0 Å². The topological polar surface area (TPSA) is 57.8 Å². The van der Waals surface area contributed by atoms with E-state index in [4.69, 9.17) is 0 Å². The monoisotopic (exact) mass is 293 g/mol. The Morgan fingerprint density at radius 2 is 2.00 bits per heavy atom. The summed E-state index contributed by atoms with van der Waals surface area (Å²) < 4.78 is 0. The van der Waals surface area contributed by atoms with E-state index in [1.165, 1.54) is 5.56 Å². The molecule has 0 aliphatic rings. The minimum absolute atomic E-state index is 0.0251. The van der Waals surface area contributed by atoms with Crippen molar-refractivity contribution in [2.45, 2.75) is 26.8 Å². The smallest absolute Gasteiger partial charge is 0.224 e. The number of aromatic nitrogens is 2. The third-order valence-electron chi connectivity index (χ3n) is 3.60. The molecule has 3 aromatic rings. The minimum atomic E-state index is 0.0251. The van der Waals surface area contributed by atoms with Crippen LogP contribution in [0.1, 0.15) is 22.5 Å². The number of H-pyrrole nitrogens is 1. The summed E-state index contributed by atoms with van der Waals surface area (Å²) in [6, 6.07) is 14.0. The van der Waals surface area contributed by atoms with E-state index in [0.717, 1.165) is 28.0 Å². The Morgan fingerprint density at radius 1 is 1.14 bits per heavy atom. The van der Waals surface area contributed by atoms with Crippen molar-refractivity contribution in [3.05, 3.63) is 65.0 Å². The number of nitrogens with one attached hydrogen (secondary N) is 2. The molecule has 0 fully saturated rings. The van der Waals surface area contributed by atoms with E-state index in [9.17, 15) is 4.79 Å². The van der Waals surface area contributed by atoms with Crippen molar-refractivity contribution in [2.75, 3.05) is 0 Å². The van der Waals surface area contributed by atoms with Crippen LogP contribution in [0.2, 0.25) is 0 Å². The Morgan fingerprint density at radius 3 is 2.82 bits per heavy atom. The summed E-state index contributed by atoms with van der Waals surface area (Å²) in [5.74, 6) is 0.910. The molecule has 2 N–H and O–H groups in total. The van der Waals surface area contributed by atoms with Crippen LogP contribution in [0.3, 0.4) is 0 Å². The SMILES string of the molecule is Cc1cccc(CNC(=O)Cc2ccc3nc(C)[nH]c3c2)c1. The summed E-state index contributed by atoms with van der Waals surface area (Å²) >= 11 is 0. The Labute approximate surface area is 129 Å². The van der Waals surface area contributed by atoms with Gasteiger partial charge in [-0.15, -0.1) is 0 Å². The maximum atomic E-state index is 12.1. The fraction of sp³-hybridized carbons (Fsp3) is 0.222. The molecule has 0 saturated heterocycles. The minimum Gasteiger partial charge on any atom is -0.352 e. The van der Waals surface area contributed by atoms with Gasteiger partial charge in [0.25, 0.3) is 0 Å². The molecule has 0 saturated carbocycles. The van der Waals surface area contributed by atoms with Crippen LogP contribution < -0.4 is 5.32 Å². The third-order valence-corrected chi connectivity index (χ3v) is 3.60. The highest BCUT2D eigenvalue weighted by atomic mass is 16.1. The number of carbonyl (C=O) groups is 1. The average Bonchev–Trinajstić information content (AvgIpc) is 2.84. The summed E-state index contributed by atoms with van der Waals surface area (Å²) in [6.45, 7) is 4.53. The van der Waals surface area contributed by atoms with Gasteiger partial charge in [0.2, 0.25) is 5.91 Å². The van der Waals surface area contributed by atoms with E-state index in [1.807, 2.05) is 50.2 Å². The molecule has 3 rings (SSSR count). The Bertz CT molecular complexity index is 820. The second-order valence-corrected chi connectivity index (χ2v) is 5.62. The lowest BCUT2D eigenvalue weighted by atomic mass is 10.1. The van der Waals surface area contributed by atoms with E-state index >= 15 is 0 Å². The lowest BCUT2D eigenvalue weighted by molar-refractivity contribution is -0.120. The number of imidazole rings is 1. The molecule has 112 valence electrons. The Kier molecular flexibility index (Phi) is 3.92. The molecule has 0 bridgehead atoms. The summed E-state index contributed by atoms with van der Waals surface area (Å²) in [6.07, 6.45) is 0.375. The van der Waals surface area contributed by atoms with Crippen molar-refractivity contribution in [2.24, 2.45) is 0 Å². The summed E-state index contributed by atoms with van der Waals surface area (Å²) in [7, 11) is 0.